The van der Waals surface area contributed by atoms with Gasteiger partial charge in [0.1, 0.15) is 17.2 Å². The van der Waals surface area contributed by atoms with E-state index in [-0.39, 0.29) is 65.8 Å². The van der Waals surface area contributed by atoms with Gasteiger partial charge in [-0.1, -0.05) is 12.1 Å². The van der Waals surface area contributed by atoms with E-state index in [0.717, 1.165) is 0 Å². The molecule has 0 fully saturated rings. The minimum Gasteiger partial charge on any atom is -0.426 e. The third-order valence-electron chi connectivity index (χ3n) is 4.02. The van der Waals surface area contributed by atoms with Crippen molar-refractivity contribution in [3.63, 3.8) is 0 Å². The Morgan fingerprint density at radius 3 is 2.58 bits per heavy atom. The van der Waals surface area contributed by atoms with Gasteiger partial charge in [-0.3, -0.25) is 4.79 Å². The summed E-state index contributed by atoms with van der Waals surface area (Å²) >= 11 is 0. The summed E-state index contributed by atoms with van der Waals surface area (Å²) in [6, 6.07) is 9.34. The number of aryl methyl sites for hydroxylation is 1. The molecule has 0 aliphatic carbocycles. The highest BCUT2D eigenvalue weighted by atomic mass is 16.7. The number of azo groups is 1. The summed E-state index contributed by atoms with van der Waals surface area (Å²) in [5.41, 5.74) is 11.7. The molecule has 0 aliphatic rings. The van der Waals surface area contributed by atoms with Crippen LogP contribution in [0.4, 0.5) is 27.8 Å². The topological polar surface area (TPSA) is 198 Å². The van der Waals surface area contributed by atoms with E-state index in [1.165, 1.54) is 25.1 Å². The maximum atomic E-state index is 12.0. The monoisotopic (exact) mass is 456 g/mol. The number of nitrogens with one attached hydrogen (secondary N) is 1. The molecule has 1 amide bonds. The Hall–Kier alpha value is -4.52. The number of nitrogens with two attached hydrogens (primary N) is 2. The smallest absolute Gasteiger partial charge is 0.426 e. The van der Waals surface area contributed by atoms with E-state index in [9.17, 15) is 14.4 Å². The van der Waals surface area contributed by atoms with Crippen LogP contribution in [0.5, 0.6) is 5.75 Å². The zero-order valence-corrected chi connectivity index (χ0v) is 17.4. The molecule has 13 heteroatoms. The van der Waals surface area contributed by atoms with E-state index in [1.54, 1.807) is 18.2 Å². The van der Waals surface area contributed by atoms with Crippen molar-refractivity contribution in [2.24, 2.45) is 16.0 Å². The van der Waals surface area contributed by atoms with Crippen LogP contribution >= 0.6 is 0 Å². The predicted molar refractivity (Wildman–Crippen MR) is 114 cm³/mol. The first-order chi connectivity index (χ1) is 15.9. The number of benzene rings is 1. The maximum Gasteiger partial charge on any atom is 0.519 e. The van der Waals surface area contributed by atoms with E-state index < -0.39 is 12.0 Å². The summed E-state index contributed by atoms with van der Waals surface area (Å²) in [6.07, 6.45) is -0.905. The standard InChI is InChI=1S/C20H20N6O7/c1-11-15(33-20(29)31-11)10-30-19(28)32-14-5-3-2-4-12(14)25-26-13-6-7-16(24-18(13)22)23-17(27)8-9-21/h2-7H,8-10,21H2,1H3,(H3,22,23,24,27)/b26-25+. The maximum absolute atomic E-state index is 12.0. The summed E-state index contributed by atoms with van der Waals surface area (Å²) in [4.78, 5) is 38.7. The Labute approximate surface area is 186 Å². The molecule has 5 N–H and O–H groups in total. The van der Waals surface area contributed by atoms with Gasteiger partial charge in [0.25, 0.3) is 0 Å². The van der Waals surface area contributed by atoms with E-state index in [4.69, 9.17) is 25.4 Å². The molecule has 33 heavy (non-hydrogen) atoms. The molecule has 0 saturated heterocycles. The molecule has 172 valence electrons. The quantitative estimate of drug-likeness (QED) is 0.257. The van der Waals surface area contributed by atoms with Crippen LogP contribution in [0.25, 0.3) is 0 Å². The Morgan fingerprint density at radius 1 is 1.12 bits per heavy atom. The second-order valence-electron chi connectivity index (χ2n) is 6.43. The van der Waals surface area contributed by atoms with Gasteiger partial charge >= 0.3 is 12.0 Å². The highest BCUT2D eigenvalue weighted by molar-refractivity contribution is 5.90. The SMILES string of the molecule is Cc1oc(=O)oc1COC(=O)Oc1ccccc1/N=N/c1ccc(NC(=O)CCN)nc1N. The average molecular weight is 456 g/mol. The molecule has 3 aromatic rings. The molecule has 0 atom stereocenters. The Kier molecular flexibility index (Phi) is 7.49. The van der Waals surface area contributed by atoms with Gasteiger partial charge < -0.3 is 35.1 Å². The highest BCUT2D eigenvalue weighted by Crippen LogP contribution is 2.31. The van der Waals surface area contributed by atoms with Crippen molar-refractivity contribution in [1.82, 2.24) is 4.98 Å². The van der Waals surface area contributed by atoms with Crippen LogP contribution in [-0.2, 0) is 16.1 Å². The summed E-state index contributed by atoms with van der Waals surface area (Å²) in [5, 5.41) is 10.6. The predicted octanol–water partition coefficient (Wildman–Crippen LogP) is 2.94. The van der Waals surface area contributed by atoms with Crippen LogP contribution in [0.2, 0.25) is 0 Å². The number of nitrogens with zero attached hydrogens (tertiary/aromatic N) is 3. The summed E-state index contributed by atoms with van der Waals surface area (Å²) in [5.74, 6) is -0.589. The van der Waals surface area contributed by atoms with Crippen LogP contribution in [0.15, 0.2) is 60.3 Å². The van der Waals surface area contributed by atoms with Crippen LogP contribution in [0.3, 0.4) is 0 Å². The number of anilines is 2. The number of hydrogen-bond acceptors (Lipinski definition) is 12. The number of pyridine rings is 1. The number of amides is 1. The zero-order valence-electron chi connectivity index (χ0n) is 17.4. The number of hydrogen-bond donors (Lipinski definition) is 3. The molecular weight excluding hydrogens is 436 g/mol. The lowest BCUT2D eigenvalue weighted by molar-refractivity contribution is -0.116. The van der Waals surface area contributed by atoms with Crippen molar-refractivity contribution in [2.75, 3.05) is 17.6 Å². The largest absolute Gasteiger partial charge is 0.519 e. The zero-order chi connectivity index (χ0) is 23.8. The normalized spacial score (nSPS) is 10.8. The minimum absolute atomic E-state index is 0.0269. The van der Waals surface area contributed by atoms with Gasteiger partial charge in [0.15, 0.2) is 29.7 Å². The Bertz CT molecular complexity index is 1230. The van der Waals surface area contributed by atoms with Crippen molar-refractivity contribution in [3.8, 4) is 5.75 Å². The molecule has 1 aromatic carbocycles. The summed E-state index contributed by atoms with van der Waals surface area (Å²) < 4.78 is 19.5. The molecule has 0 unspecified atom stereocenters. The lowest BCUT2D eigenvalue weighted by atomic mass is 10.3. The van der Waals surface area contributed by atoms with Crippen LogP contribution in [0.1, 0.15) is 17.9 Å². The van der Waals surface area contributed by atoms with Gasteiger partial charge in [0, 0.05) is 13.0 Å². The number of aromatic nitrogens is 1. The Morgan fingerprint density at radius 2 is 1.88 bits per heavy atom. The second kappa shape index (κ2) is 10.7. The van der Waals surface area contributed by atoms with Crippen LogP contribution in [0, 0.1) is 6.92 Å². The lowest BCUT2D eigenvalue weighted by Gasteiger charge is -2.07. The molecule has 3 rings (SSSR count). The number of carbonyl (C=O) groups is 2. The summed E-state index contributed by atoms with van der Waals surface area (Å²) in [6.45, 7) is 1.35. The van der Waals surface area contributed by atoms with E-state index >= 15 is 0 Å². The van der Waals surface area contributed by atoms with E-state index in [0.29, 0.717) is 0 Å². The number of ether oxygens (including phenoxy) is 2. The van der Waals surface area contributed by atoms with E-state index in [2.05, 4.69) is 24.9 Å². The van der Waals surface area contributed by atoms with Gasteiger partial charge in [-0.2, -0.15) is 0 Å². The first-order valence-corrected chi connectivity index (χ1v) is 9.57. The van der Waals surface area contributed by atoms with Crippen molar-refractivity contribution >= 4 is 35.1 Å². The average Bonchev–Trinajstić information content (AvgIpc) is 3.09. The van der Waals surface area contributed by atoms with Crippen LogP contribution < -0.4 is 27.3 Å². The molecule has 0 radical (unpaired) electrons. The second-order valence-corrected chi connectivity index (χ2v) is 6.43. The molecule has 2 heterocycles. The molecular formula is C20H20N6O7. The molecule has 0 spiro atoms. The van der Waals surface area contributed by atoms with Gasteiger partial charge in [0.2, 0.25) is 5.91 Å². The van der Waals surface area contributed by atoms with Gasteiger partial charge in [-0.25, -0.2) is 14.6 Å². The Balaban J connectivity index is 1.66. The van der Waals surface area contributed by atoms with E-state index in [1.807, 2.05) is 0 Å². The van der Waals surface area contributed by atoms with Gasteiger partial charge in [0.05, 0.1) is 0 Å². The number of rotatable bonds is 8. The van der Waals surface area contributed by atoms with Crippen molar-refractivity contribution in [2.45, 2.75) is 20.0 Å². The molecule has 0 aliphatic heterocycles. The van der Waals surface area contributed by atoms with Crippen molar-refractivity contribution in [1.29, 1.82) is 0 Å². The number of carbonyl (C=O) groups excluding carboxylic acids is 2. The number of para-hydroxylation sites is 1. The van der Waals surface area contributed by atoms with Crippen molar-refractivity contribution in [3.05, 3.63) is 58.5 Å². The van der Waals surface area contributed by atoms with Crippen molar-refractivity contribution < 1.29 is 27.9 Å². The minimum atomic E-state index is -1.06. The number of nitrogen functional groups attached to an aromatic ring is 1. The highest BCUT2D eigenvalue weighted by Gasteiger charge is 2.15. The third-order valence-corrected chi connectivity index (χ3v) is 4.02. The fourth-order valence-corrected chi connectivity index (χ4v) is 2.44. The molecule has 2 aromatic heterocycles. The first kappa shape index (κ1) is 23.1. The molecule has 0 saturated carbocycles. The molecule has 0 bridgehead atoms. The first-order valence-electron chi connectivity index (χ1n) is 9.57. The lowest BCUT2D eigenvalue weighted by Crippen LogP contribution is -2.17. The summed E-state index contributed by atoms with van der Waals surface area (Å²) in [7, 11) is 0. The third kappa shape index (κ3) is 6.48. The molecule has 13 nitrogen and oxygen atoms in total. The fourth-order valence-electron chi connectivity index (χ4n) is 2.44. The van der Waals surface area contributed by atoms with Gasteiger partial charge in [-0.05, 0) is 31.2 Å². The fraction of sp³-hybridized carbons (Fsp3) is 0.200. The van der Waals surface area contributed by atoms with Gasteiger partial charge in [-0.15, -0.1) is 10.2 Å². The van der Waals surface area contributed by atoms with Crippen LogP contribution in [-0.4, -0.2) is 23.6 Å².